The highest BCUT2D eigenvalue weighted by atomic mass is 16.3. The van der Waals surface area contributed by atoms with Crippen molar-refractivity contribution >= 4 is 11.9 Å². The van der Waals surface area contributed by atoms with Crippen molar-refractivity contribution in [1.82, 2.24) is 4.90 Å². The van der Waals surface area contributed by atoms with Gasteiger partial charge in [0.25, 0.3) is 0 Å². The predicted octanol–water partition coefficient (Wildman–Crippen LogP) is 5.45. The van der Waals surface area contributed by atoms with E-state index in [0.29, 0.717) is 6.54 Å². The highest BCUT2D eigenvalue weighted by Crippen LogP contribution is 2.33. The first kappa shape index (κ1) is 21.7. The first-order valence-electron chi connectivity index (χ1n) is 10.3. The Morgan fingerprint density at radius 1 is 0.867 bits per heavy atom. The van der Waals surface area contributed by atoms with Gasteiger partial charge in [-0.05, 0) is 30.5 Å². The molecule has 0 spiro atoms. The number of nitrogens with zero attached hydrogens (tertiary/aromatic N) is 1. The summed E-state index contributed by atoms with van der Waals surface area (Å²) in [6.07, 6.45) is 3.06. The molecular weight excluding hydrogens is 370 g/mol. The van der Waals surface area contributed by atoms with Crippen molar-refractivity contribution in [2.24, 2.45) is 0 Å². The van der Waals surface area contributed by atoms with E-state index >= 15 is 0 Å². The maximum Gasteiger partial charge on any atom is 0.160 e. The number of hydrogen-bond donors (Lipinski definition) is 1. The molecule has 30 heavy (non-hydrogen) atoms. The molecule has 0 fully saturated rings. The summed E-state index contributed by atoms with van der Waals surface area (Å²) < 4.78 is 0. The summed E-state index contributed by atoms with van der Waals surface area (Å²) in [5.74, 6) is -0.235. The lowest BCUT2D eigenvalue weighted by Crippen LogP contribution is -2.41. The minimum absolute atomic E-state index is 0.00540. The summed E-state index contributed by atoms with van der Waals surface area (Å²) in [4.78, 5) is 14.4. The van der Waals surface area contributed by atoms with Gasteiger partial charge in [-0.1, -0.05) is 103 Å². The van der Waals surface area contributed by atoms with Crippen molar-refractivity contribution < 1.29 is 9.90 Å². The molecular formula is C27H29NO2. The van der Waals surface area contributed by atoms with Crippen molar-refractivity contribution in [1.29, 1.82) is 0 Å². The summed E-state index contributed by atoms with van der Waals surface area (Å²) >= 11 is 0. The molecule has 0 aromatic heterocycles. The Bertz CT molecular complexity index is 938. The summed E-state index contributed by atoms with van der Waals surface area (Å²) in [6.45, 7) is 4.16. The third-order valence-corrected chi connectivity index (χ3v) is 5.42. The van der Waals surface area contributed by atoms with Crippen LogP contribution in [0, 0.1) is 0 Å². The molecule has 0 aliphatic rings. The van der Waals surface area contributed by atoms with E-state index in [1.54, 1.807) is 0 Å². The van der Waals surface area contributed by atoms with Gasteiger partial charge in [0.05, 0.1) is 6.04 Å². The molecule has 3 aromatic carbocycles. The second kappa shape index (κ2) is 10.7. The second-order valence-corrected chi connectivity index (χ2v) is 7.51. The Morgan fingerprint density at radius 3 is 1.90 bits per heavy atom. The Balaban J connectivity index is 1.98. The van der Waals surface area contributed by atoms with Crippen LogP contribution in [-0.4, -0.2) is 28.4 Å². The van der Waals surface area contributed by atoms with Gasteiger partial charge >= 0.3 is 0 Å². The zero-order valence-corrected chi connectivity index (χ0v) is 17.6. The van der Waals surface area contributed by atoms with E-state index in [9.17, 15) is 9.90 Å². The molecule has 3 aromatic rings. The molecule has 0 bridgehead atoms. The number of carbonyl (C=O) groups is 1. The summed E-state index contributed by atoms with van der Waals surface area (Å²) in [5.41, 5.74) is 3.19. The maximum absolute atomic E-state index is 12.2. The van der Waals surface area contributed by atoms with Gasteiger partial charge in [-0.2, -0.15) is 0 Å². The molecule has 0 heterocycles. The SMILES string of the molecule is CC(=O)C(O)C(c1ccccc1)N(C/C=C/c1ccccc1)[C@H](C)c1ccccc1. The molecule has 1 N–H and O–H groups in total. The molecule has 154 valence electrons. The Labute approximate surface area is 179 Å². The average Bonchev–Trinajstić information content (AvgIpc) is 2.79. The van der Waals surface area contributed by atoms with Crippen LogP contribution in [0.3, 0.4) is 0 Å². The van der Waals surface area contributed by atoms with E-state index in [1.165, 1.54) is 6.92 Å². The van der Waals surface area contributed by atoms with Crippen molar-refractivity contribution in [2.75, 3.05) is 6.54 Å². The minimum atomic E-state index is -1.11. The van der Waals surface area contributed by atoms with Crippen LogP contribution in [-0.2, 0) is 4.79 Å². The zero-order chi connectivity index (χ0) is 21.3. The fraction of sp³-hybridized carbons (Fsp3) is 0.222. The quantitative estimate of drug-likeness (QED) is 0.520. The predicted molar refractivity (Wildman–Crippen MR) is 123 cm³/mol. The smallest absolute Gasteiger partial charge is 0.160 e. The zero-order valence-electron chi connectivity index (χ0n) is 17.6. The lowest BCUT2D eigenvalue weighted by molar-refractivity contribution is -0.129. The van der Waals surface area contributed by atoms with Crippen LogP contribution in [0.4, 0.5) is 0 Å². The Hall–Kier alpha value is -3.01. The van der Waals surface area contributed by atoms with Crippen molar-refractivity contribution in [3.8, 4) is 0 Å². The summed E-state index contributed by atoms with van der Waals surface area (Å²) in [6, 6.07) is 29.7. The number of Topliss-reactive ketones (excluding diaryl/α,β-unsaturated/α-hetero) is 1. The normalized spacial score (nSPS) is 14.5. The van der Waals surface area contributed by atoms with Gasteiger partial charge in [0.2, 0.25) is 0 Å². The summed E-state index contributed by atoms with van der Waals surface area (Å²) in [5, 5.41) is 10.9. The topological polar surface area (TPSA) is 40.5 Å². The lowest BCUT2D eigenvalue weighted by atomic mass is 9.94. The highest BCUT2D eigenvalue weighted by Gasteiger charge is 2.33. The van der Waals surface area contributed by atoms with Gasteiger partial charge < -0.3 is 5.11 Å². The van der Waals surface area contributed by atoms with Crippen LogP contribution in [0.5, 0.6) is 0 Å². The van der Waals surface area contributed by atoms with Crippen LogP contribution in [0.25, 0.3) is 6.08 Å². The Kier molecular flexibility index (Phi) is 7.72. The van der Waals surface area contributed by atoms with Gasteiger partial charge in [0.15, 0.2) is 5.78 Å². The minimum Gasteiger partial charge on any atom is -0.383 e. The van der Waals surface area contributed by atoms with E-state index in [4.69, 9.17) is 0 Å². The van der Waals surface area contributed by atoms with Crippen molar-refractivity contribution in [2.45, 2.75) is 32.0 Å². The lowest BCUT2D eigenvalue weighted by Gasteiger charge is -2.38. The van der Waals surface area contributed by atoms with E-state index in [1.807, 2.05) is 66.7 Å². The number of hydrogen-bond acceptors (Lipinski definition) is 3. The molecule has 0 saturated carbocycles. The molecule has 0 amide bonds. The van der Waals surface area contributed by atoms with Gasteiger partial charge in [0, 0.05) is 12.6 Å². The van der Waals surface area contributed by atoms with E-state index in [0.717, 1.165) is 16.7 Å². The fourth-order valence-electron chi connectivity index (χ4n) is 3.74. The van der Waals surface area contributed by atoms with Gasteiger partial charge in [-0.15, -0.1) is 0 Å². The fourth-order valence-corrected chi connectivity index (χ4v) is 3.74. The molecule has 3 nitrogen and oxygen atoms in total. The van der Waals surface area contributed by atoms with E-state index < -0.39 is 12.1 Å². The van der Waals surface area contributed by atoms with Crippen LogP contribution in [0.2, 0.25) is 0 Å². The average molecular weight is 400 g/mol. The van der Waals surface area contributed by atoms with E-state index in [2.05, 4.69) is 48.2 Å². The van der Waals surface area contributed by atoms with Crippen LogP contribution in [0.1, 0.15) is 42.6 Å². The van der Waals surface area contributed by atoms with Gasteiger partial charge in [-0.25, -0.2) is 0 Å². The maximum atomic E-state index is 12.2. The molecule has 3 rings (SSSR count). The highest BCUT2D eigenvalue weighted by molar-refractivity contribution is 5.81. The van der Waals surface area contributed by atoms with Gasteiger partial charge in [-0.3, -0.25) is 9.69 Å². The number of carbonyl (C=O) groups excluding carboxylic acids is 1. The Morgan fingerprint density at radius 2 is 1.37 bits per heavy atom. The van der Waals surface area contributed by atoms with Crippen LogP contribution < -0.4 is 0 Å². The number of aliphatic hydroxyl groups excluding tert-OH is 1. The van der Waals surface area contributed by atoms with Crippen LogP contribution >= 0.6 is 0 Å². The van der Waals surface area contributed by atoms with E-state index in [-0.39, 0.29) is 11.8 Å². The van der Waals surface area contributed by atoms with Gasteiger partial charge in [0.1, 0.15) is 6.10 Å². The molecule has 0 radical (unpaired) electrons. The molecule has 0 aliphatic carbocycles. The number of benzene rings is 3. The molecule has 3 heteroatoms. The number of aliphatic hydroxyl groups is 1. The molecule has 3 atom stereocenters. The molecule has 0 aliphatic heterocycles. The van der Waals surface area contributed by atoms with Crippen molar-refractivity contribution in [3.05, 3.63) is 114 Å². The molecule has 2 unspecified atom stereocenters. The molecule has 0 saturated heterocycles. The second-order valence-electron chi connectivity index (χ2n) is 7.51. The third kappa shape index (κ3) is 5.53. The van der Waals surface area contributed by atoms with Crippen LogP contribution in [0.15, 0.2) is 97.1 Å². The third-order valence-electron chi connectivity index (χ3n) is 5.42. The van der Waals surface area contributed by atoms with Crippen molar-refractivity contribution in [3.63, 3.8) is 0 Å². The largest absolute Gasteiger partial charge is 0.383 e. The summed E-state index contributed by atoms with van der Waals surface area (Å²) in [7, 11) is 0. The monoisotopic (exact) mass is 399 g/mol. The first-order valence-corrected chi connectivity index (χ1v) is 10.3. The number of ketones is 1. The standard InChI is InChI=1S/C27H29NO2/c1-21(24-16-8-4-9-17-24)28(20-12-15-23-13-6-3-7-14-23)26(27(30)22(2)29)25-18-10-5-11-19-25/h3-19,21,26-27,30H,20H2,1-2H3/b15-12+/t21-,26?,27?/m1/s1. The first-order chi connectivity index (χ1) is 14.6. The number of rotatable bonds is 9.